The van der Waals surface area contributed by atoms with Crippen LogP contribution in [0, 0.1) is 0 Å². The highest BCUT2D eigenvalue weighted by atomic mass is 16.1. The average Bonchev–Trinajstić information content (AvgIpc) is 2.87. The minimum Gasteiger partial charge on any atom is -0.342 e. The van der Waals surface area contributed by atoms with Crippen LogP contribution in [0.15, 0.2) is 41.6 Å². The van der Waals surface area contributed by atoms with E-state index in [2.05, 4.69) is 15.0 Å². The Morgan fingerprint density at radius 1 is 1.26 bits per heavy atom. The van der Waals surface area contributed by atoms with Crippen LogP contribution < -0.4 is 5.56 Å². The average molecular weight is 254 g/mol. The number of rotatable bonds is 3. The third-order valence-corrected chi connectivity index (χ3v) is 3.10. The van der Waals surface area contributed by atoms with Gasteiger partial charge in [-0.05, 0) is 23.8 Å². The number of pyridine rings is 2. The Balaban J connectivity index is 2.05. The first-order valence-corrected chi connectivity index (χ1v) is 6.25. The summed E-state index contributed by atoms with van der Waals surface area (Å²) in [4.78, 5) is 23.8. The van der Waals surface area contributed by atoms with E-state index in [0.29, 0.717) is 12.1 Å². The molecule has 0 spiro atoms. The van der Waals surface area contributed by atoms with Gasteiger partial charge in [0.25, 0.3) is 5.56 Å². The number of aryl methyl sites for hydroxylation is 1. The lowest BCUT2D eigenvalue weighted by molar-refractivity contribution is 0.765. The molecule has 5 heteroatoms. The maximum Gasteiger partial charge on any atom is 0.278 e. The van der Waals surface area contributed by atoms with Crippen molar-refractivity contribution in [3.63, 3.8) is 0 Å². The molecule has 3 rings (SSSR count). The van der Waals surface area contributed by atoms with E-state index in [4.69, 9.17) is 0 Å². The molecule has 96 valence electrons. The van der Waals surface area contributed by atoms with Crippen LogP contribution in [0.5, 0.6) is 0 Å². The minimum atomic E-state index is -0.0646. The molecule has 0 saturated heterocycles. The van der Waals surface area contributed by atoms with Crippen molar-refractivity contribution in [1.29, 1.82) is 0 Å². The maximum atomic E-state index is 12.3. The van der Waals surface area contributed by atoms with E-state index in [1.807, 2.05) is 25.1 Å². The predicted octanol–water partition coefficient (Wildman–Crippen LogP) is 1.73. The van der Waals surface area contributed by atoms with Gasteiger partial charge in [-0.15, -0.1) is 0 Å². The summed E-state index contributed by atoms with van der Waals surface area (Å²) in [7, 11) is 0. The first-order chi connectivity index (χ1) is 9.28. The van der Waals surface area contributed by atoms with Crippen molar-refractivity contribution in [3.8, 4) is 0 Å². The van der Waals surface area contributed by atoms with Gasteiger partial charge in [0.05, 0.1) is 12.1 Å². The molecular formula is C14H14N4O. The van der Waals surface area contributed by atoms with Crippen LogP contribution in [0.3, 0.4) is 0 Å². The monoisotopic (exact) mass is 254 g/mol. The summed E-state index contributed by atoms with van der Waals surface area (Å²) in [5, 5.41) is 0. The second kappa shape index (κ2) is 4.68. The van der Waals surface area contributed by atoms with Crippen LogP contribution in [0.1, 0.15) is 18.3 Å². The molecule has 3 heterocycles. The number of hydrogen-bond acceptors (Lipinski definition) is 3. The minimum absolute atomic E-state index is 0.0646. The molecule has 0 aliphatic heterocycles. The third kappa shape index (κ3) is 2.14. The summed E-state index contributed by atoms with van der Waals surface area (Å²) < 4.78 is 1.66. The fraction of sp³-hybridized carbons (Fsp3) is 0.214. The molecule has 0 aliphatic carbocycles. The molecule has 0 saturated carbocycles. The van der Waals surface area contributed by atoms with Crippen molar-refractivity contribution >= 4 is 11.0 Å². The molecule has 0 atom stereocenters. The molecule has 0 aromatic carbocycles. The van der Waals surface area contributed by atoms with E-state index >= 15 is 0 Å². The number of aromatic nitrogens is 4. The standard InChI is InChI=1S/C14H14N4O/c1-2-12-16-11-5-8-18(14(19)13(11)17-12)9-10-3-6-15-7-4-10/h3-8H,2,9H2,1H3,(H,16,17). The Bertz CT molecular complexity index is 758. The first kappa shape index (κ1) is 11.6. The van der Waals surface area contributed by atoms with Crippen molar-refractivity contribution < 1.29 is 0 Å². The molecule has 0 aliphatic rings. The number of hydrogen-bond donors (Lipinski definition) is 1. The van der Waals surface area contributed by atoms with Crippen LogP contribution >= 0.6 is 0 Å². The van der Waals surface area contributed by atoms with E-state index in [-0.39, 0.29) is 5.56 Å². The van der Waals surface area contributed by atoms with Crippen LogP contribution in [0.2, 0.25) is 0 Å². The predicted molar refractivity (Wildman–Crippen MR) is 73.1 cm³/mol. The second-order valence-corrected chi connectivity index (χ2v) is 4.40. The quantitative estimate of drug-likeness (QED) is 0.774. The van der Waals surface area contributed by atoms with Gasteiger partial charge in [0.2, 0.25) is 0 Å². The number of nitrogens with one attached hydrogen (secondary N) is 1. The van der Waals surface area contributed by atoms with Gasteiger partial charge < -0.3 is 9.55 Å². The Morgan fingerprint density at radius 2 is 2.05 bits per heavy atom. The Labute approximate surface area is 110 Å². The van der Waals surface area contributed by atoms with E-state index in [1.54, 1.807) is 23.2 Å². The molecule has 0 amide bonds. The molecule has 0 unspecified atom stereocenters. The van der Waals surface area contributed by atoms with Crippen LogP contribution in [0.25, 0.3) is 11.0 Å². The highest BCUT2D eigenvalue weighted by Crippen LogP contribution is 2.08. The van der Waals surface area contributed by atoms with Crippen molar-refractivity contribution in [2.24, 2.45) is 0 Å². The Hall–Kier alpha value is -2.43. The normalized spacial score (nSPS) is 11.0. The van der Waals surface area contributed by atoms with Crippen molar-refractivity contribution in [3.05, 3.63) is 58.5 Å². The first-order valence-electron chi connectivity index (χ1n) is 6.25. The van der Waals surface area contributed by atoms with Gasteiger partial charge in [0.1, 0.15) is 5.82 Å². The van der Waals surface area contributed by atoms with Gasteiger partial charge in [-0.2, -0.15) is 0 Å². The van der Waals surface area contributed by atoms with Crippen LogP contribution in [-0.4, -0.2) is 19.5 Å². The number of fused-ring (bicyclic) bond motifs is 1. The maximum absolute atomic E-state index is 12.3. The van der Waals surface area contributed by atoms with Gasteiger partial charge >= 0.3 is 0 Å². The zero-order valence-corrected chi connectivity index (χ0v) is 10.6. The second-order valence-electron chi connectivity index (χ2n) is 4.40. The fourth-order valence-electron chi connectivity index (χ4n) is 2.07. The largest absolute Gasteiger partial charge is 0.342 e. The van der Waals surface area contributed by atoms with Crippen LogP contribution in [-0.2, 0) is 13.0 Å². The lowest BCUT2D eigenvalue weighted by Gasteiger charge is -2.04. The van der Waals surface area contributed by atoms with Crippen LogP contribution in [0.4, 0.5) is 0 Å². The van der Waals surface area contributed by atoms with Crippen molar-refractivity contribution in [2.75, 3.05) is 0 Å². The lowest BCUT2D eigenvalue weighted by Crippen LogP contribution is -2.20. The molecule has 0 bridgehead atoms. The molecule has 0 radical (unpaired) electrons. The molecule has 3 aromatic heterocycles. The SMILES string of the molecule is CCc1nc2c(=O)n(Cc3ccncc3)ccc2[nH]1. The van der Waals surface area contributed by atoms with Gasteiger partial charge in [0.15, 0.2) is 5.52 Å². The number of aromatic amines is 1. The summed E-state index contributed by atoms with van der Waals surface area (Å²) in [6, 6.07) is 5.70. The highest BCUT2D eigenvalue weighted by Gasteiger charge is 2.07. The fourth-order valence-corrected chi connectivity index (χ4v) is 2.07. The topological polar surface area (TPSA) is 63.6 Å². The Kier molecular flexibility index (Phi) is 2.87. The molecular weight excluding hydrogens is 240 g/mol. The van der Waals surface area contributed by atoms with Crippen molar-refractivity contribution in [1.82, 2.24) is 19.5 Å². The highest BCUT2D eigenvalue weighted by molar-refractivity contribution is 5.73. The van der Waals surface area contributed by atoms with E-state index in [0.717, 1.165) is 23.3 Å². The Morgan fingerprint density at radius 3 is 2.79 bits per heavy atom. The smallest absolute Gasteiger partial charge is 0.278 e. The van der Waals surface area contributed by atoms with E-state index in [1.165, 1.54) is 0 Å². The van der Waals surface area contributed by atoms with Gasteiger partial charge in [-0.25, -0.2) is 4.98 Å². The summed E-state index contributed by atoms with van der Waals surface area (Å²) in [6.07, 6.45) is 6.03. The van der Waals surface area contributed by atoms with E-state index in [9.17, 15) is 4.79 Å². The van der Waals surface area contributed by atoms with E-state index < -0.39 is 0 Å². The summed E-state index contributed by atoms with van der Waals surface area (Å²) in [6.45, 7) is 2.54. The van der Waals surface area contributed by atoms with Gasteiger partial charge in [0, 0.05) is 25.0 Å². The zero-order valence-electron chi connectivity index (χ0n) is 10.6. The molecule has 0 fully saturated rings. The molecule has 5 nitrogen and oxygen atoms in total. The summed E-state index contributed by atoms with van der Waals surface area (Å²) in [5.74, 6) is 0.841. The molecule has 3 aromatic rings. The molecule has 19 heavy (non-hydrogen) atoms. The third-order valence-electron chi connectivity index (χ3n) is 3.10. The number of nitrogens with zero attached hydrogens (tertiary/aromatic N) is 3. The van der Waals surface area contributed by atoms with Gasteiger partial charge in [-0.3, -0.25) is 9.78 Å². The lowest BCUT2D eigenvalue weighted by atomic mass is 10.2. The zero-order chi connectivity index (χ0) is 13.2. The molecule has 1 N–H and O–H groups in total. The number of H-pyrrole nitrogens is 1. The summed E-state index contributed by atoms with van der Waals surface area (Å²) >= 11 is 0. The van der Waals surface area contributed by atoms with Crippen molar-refractivity contribution in [2.45, 2.75) is 19.9 Å². The number of imidazole rings is 1. The summed E-state index contributed by atoms with van der Waals surface area (Å²) in [5.41, 5.74) is 2.29. The van der Waals surface area contributed by atoms with Gasteiger partial charge in [-0.1, -0.05) is 6.92 Å².